The maximum Gasteiger partial charge on any atom is 0.352 e. The quantitative estimate of drug-likeness (QED) is 0.899. The summed E-state index contributed by atoms with van der Waals surface area (Å²) in [4.78, 5) is 11.2. The molecule has 0 spiro atoms. The van der Waals surface area contributed by atoms with Gasteiger partial charge in [0.1, 0.15) is 5.69 Å². The van der Waals surface area contributed by atoms with Crippen LogP contribution in [0, 0.1) is 0 Å². The van der Waals surface area contributed by atoms with E-state index in [2.05, 4.69) is 36.7 Å². The lowest BCUT2D eigenvalue weighted by Crippen LogP contribution is -2.11. The van der Waals surface area contributed by atoms with E-state index in [1.165, 1.54) is 5.56 Å². The van der Waals surface area contributed by atoms with E-state index >= 15 is 0 Å². The number of hydrogen-bond acceptors (Lipinski definition) is 1. The number of aromatic nitrogens is 1. The zero-order chi connectivity index (χ0) is 14.2. The third kappa shape index (κ3) is 2.89. The van der Waals surface area contributed by atoms with Crippen molar-refractivity contribution >= 4 is 21.9 Å². The Balaban J connectivity index is 2.46. The number of carbonyl (C=O) groups is 1. The van der Waals surface area contributed by atoms with Gasteiger partial charge in [-0.15, -0.1) is 0 Å². The Hall–Kier alpha value is -1.55. The minimum atomic E-state index is -0.939. The van der Waals surface area contributed by atoms with E-state index in [-0.39, 0.29) is 11.1 Å². The van der Waals surface area contributed by atoms with Crippen molar-refractivity contribution in [1.29, 1.82) is 0 Å². The molecule has 0 saturated heterocycles. The molecule has 1 aromatic carbocycles. The van der Waals surface area contributed by atoms with Crippen molar-refractivity contribution in [3.05, 3.63) is 52.3 Å². The van der Waals surface area contributed by atoms with Crippen LogP contribution in [0.5, 0.6) is 0 Å². The molecule has 0 unspecified atom stereocenters. The first kappa shape index (κ1) is 13.9. The zero-order valence-electron chi connectivity index (χ0n) is 11.1. The molecule has 1 heterocycles. The molecular formula is C15H16BrNO2. The summed E-state index contributed by atoms with van der Waals surface area (Å²) in [5, 5.41) is 9.18. The fraction of sp³-hybridized carbons (Fsp3) is 0.267. The molecule has 2 aromatic rings. The lowest BCUT2D eigenvalue weighted by Gasteiger charge is -2.19. The summed E-state index contributed by atoms with van der Waals surface area (Å²) in [5.74, 6) is -0.939. The van der Waals surface area contributed by atoms with Crippen molar-refractivity contribution in [1.82, 2.24) is 4.57 Å². The fourth-order valence-corrected chi connectivity index (χ4v) is 2.35. The topological polar surface area (TPSA) is 42.2 Å². The number of halogens is 1. The average molecular weight is 322 g/mol. The Kier molecular flexibility index (Phi) is 3.54. The van der Waals surface area contributed by atoms with Gasteiger partial charge < -0.3 is 9.67 Å². The number of benzene rings is 1. The maximum absolute atomic E-state index is 11.2. The van der Waals surface area contributed by atoms with E-state index in [0.29, 0.717) is 0 Å². The van der Waals surface area contributed by atoms with Gasteiger partial charge in [0.25, 0.3) is 0 Å². The molecule has 0 radical (unpaired) electrons. The lowest BCUT2D eigenvalue weighted by atomic mass is 9.87. The molecule has 0 fully saturated rings. The summed E-state index contributed by atoms with van der Waals surface area (Å²) in [7, 11) is 0. The lowest BCUT2D eigenvalue weighted by molar-refractivity contribution is 0.0688. The first-order valence-corrected chi connectivity index (χ1v) is 6.80. The molecule has 0 saturated carbocycles. The van der Waals surface area contributed by atoms with Gasteiger partial charge in [-0.2, -0.15) is 0 Å². The molecule has 0 aliphatic carbocycles. The van der Waals surface area contributed by atoms with Crippen LogP contribution in [-0.4, -0.2) is 15.6 Å². The van der Waals surface area contributed by atoms with Crippen LogP contribution in [-0.2, 0) is 5.41 Å². The van der Waals surface area contributed by atoms with Crippen molar-refractivity contribution in [2.75, 3.05) is 0 Å². The van der Waals surface area contributed by atoms with Crippen LogP contribution in [0.1, 0.15) is 36.8 Å². The zero-order valence-corrected chi connectivity index (χ0v) is 12.7. The molecule has 19 heavy (non-hydrogen) atoms. The molecule has 1 aromatic heterocycles. The van der Waals surface area contributed by atoms with Gasteiger partial charge in [0.05, 0.1) is 0 Å². The first-order chi connectivity index (χ1) is 8.79. The molecule has 0 bridgehead atoms. The number of carboxylic acids is 1. The average Bonchev–Trinajstić information content (AvgIpc) is 2.70. The molecule has 4 heteroatoms. The Morgan fingerprint density at radius 2 is 1.79 bits per heavy atom. The molecule has 3 nitrogen and oxygen atoms in total. The highest BCUT2D eigenvalue weighted by Gasteiger charge is 2.15. The van der Waals surface area contributed by atoms with Crippen LogP contribution in [0.15, 0.2) is 41.0 Å². The van der Waals surface area contributed by atoms with Crippen LogP contribution in [0.25, 0.3) is 5.69 Å². The highest BCUT2D eigenvalue weighted by molar-refractivity contribution is 9.10. The van der Waals surface area contributed by atoms with Crippen molar-refractivity contribution in [2.24, 2.45) is 0 Å². The van der Waals surface area contributed by atoms with Crippen LogP contribution in [0.3, 0.4) is 0 Å². The van der Waals surface area contributed by atoms with Crippen molar-refractivity contribution in [2.45, 2.75) is 26.2 Å². The van der Waals surface area contributed by atoms with Crippen LogP contribution < -0.4 is 0 Å². The van der Waals surface area contributed by atoms with Crippen molar-refractivity contribution in [3.8, 4) is 5.69 Å². The number of rotatable bonds is 2. The molecule has 0 atom stereocenters. The maximum atomic E-state index is 11.2. The predicted molar refractivity (Wildman–Crippen MR) is 79.1 cm³/mol. The third-order valence-corrected chi connectivity index (χ3v) is 3.45. The summed E-state index contributed by atoms with van der Waals surface area (Å²) < 4.78 is 2.42. The van der Waals surface area contributed by atoms with Crippen LogP contribution >= 0.6 is 15.9 Å². The minimum absolute atomic E-state index is 0.0887. The molecular weight excluding hydrogens is 306 g/mol. The van der Waals surface area contributed by atoms with Gasteiger partial charge in [0.15, 0.2) is 0 Å². The van der Waals surface area contributed by atoms with E-state index in [0.717, 1.165) is 10.2 Å². The minimum Gasteiger partial charge on any atom is -0.477 e. The second-order valence-electron chi connectivity index (χ2n) is 5.52. The summed E-state index contributed by atoms with van der Waals surface area (Å²) >= 11 is 3.31. The second kappa shape index (κ2) is 4.85. The summed E-state index contributed by atoms with van der Waals surface area (Å²) in [6.07, 6.45) is 1.76. The monoisotopic (exact) mass is 321 g/mol. The smallest absolute Gasteiger partial charge is 0.352 e. The van der Waals surface area contributed by atoms with E-state index in [1.54, 1.807) is 16.8 Å². The van der Waals surface area contributed by atoms with E-state index in [9.17, 15) is 9.90 Å². The highest BCUT2D eigenvalue weighted by atomic mass is 79.9. The molecule has 1 N–H and O–H groups in total. The number of aromatic carboxylic acids is 1. The summed E-state index contributed by atoms with van der Waals surface area (Å²) in [6, 6.07) is 9.56. The van der Waals surface area contributed by atoms with Gasteiger partial charge >= 0.3 is 5.97 Å². The number of hydrogen-bond donors (Lipinski definition) is 1. The molecule has 0 amide bonds. The number of nitrogens with zero attached hydrogens (tertiary/aromatic N) is 1. The van der Waals surface area contributed by atoms with Crippen LogP contribution in [0.4, 0.5) is 0 Å². The van der Waals surface area contributed by atoms with Gasteiger partial charge in [0.2, 0.25) is 0 Å². The molecule has 0 aliphatic heterocycles. The normalized spacial score (nSPS) is 11.6. The molecule has 100 valence electrons. The Bertz CT molecular complexity index is 606. The van der Waals surface area contributed by atoms with Gasteiger partial charge in [0, 0.05) is 16.4 Å². The fourth-order valence-electron chi connectivity index (χ4n) is 1.93. The van der Waals surface area contributed by atoms with Gasteiger partial charge in [-0.1, -0.05) is 32.9 Å². The van der Waals surface area contributed by atoms with Gasteiger partial charge in [-0.3, -0.25) is 0 Å². The SMILES string of the molecule is CC(C)(C)c1ccc(-n2cc(Br)cc2C(=O)O)cc1. The number of carboxylic acid groups (broad SMARTS) is 1. The Morgan fingerprint density at radius 1 is 1.21 bits per heavy atom. The Labute approximate surface area is 121 Å². The first-order valence-electron chi connectivity index (χ1n) is 6.01. The summed E-state index contributed by atoms with van der Waals surface area (Å²) in [5.41, 5.74) is 2.40. The second-order valence-corrected chi connectivity index (χ2v) is 6.43. The van der Waals surface area contributed by atoms with Crippen molar-refractivity contribution in [3.63, 3.8) is 0 Å². The Morgan fingerprint density at radius 3 is 2.26 bits per heavy atom. The van der Waals surface area contributed by atoms with E-state index < -0.39 is 5.97 Å². The van der Waals surface area contributed by atoms with Crippen LogP contribution in [0.2, 0.25) is 0 Å². The molecule has 2 rings (SSSR count). The van der Waals surface area contributed by atoms with Gasteiger partial charge in [-0.25, -0.2) is 4.79 Å². The molecule has 0 aliphatic rings. The van der Waals surface area contributed by atoms with E-state index in [4.69, 9.17) is 0 Å². The predicted octanol–water partition coefficient (Wildman–Crippen LogP) is 4.24. The highest BCUT2D eigenvalue weighted by Crippen LogP contribution is 2.25. The summed E-state index contributed by atoms with van der Waals surface area (Å²) in [6.45, 7) is 6.45. The largest absolute Gasteiger partial charge is 0.477 e. The van der Waals surface area contributed by atoms with Gasteiger partial charge in [-0.05, 0) is 45.1 Å². The van der Waals surface area contributed by atoms with E-state index in [1.807, 2.05) is 24.3 Å². The standard InChI is InChI=1S/C15H16BrNO2/c1-15(2,3)10-4-6-12(7-5-10)17-9-11(16)8-13(17)14(18)19/h4-9H,1-3H3,(H,18,19). The third-order valence-electron chi connectivity index (χ3n) is 3.02. The van der Waals surface area contributed by atoms with Crippen molar-refractivity contribution < 1.29 is 9.90 Å².